The number of methoxy groups -OCH3 is 2. The second-order valence-corrected chi connectivity index (χ2v) is 6.01. The van der Waals surface area contributed by atoms with E-state index in [-0.39, 0.29) is 39.0 Å². The largest absolute Gasteiger partial charge is 0.514 e. The zero-order chi connectivity index (χ0) is 20.8. The summed E-state index contributed by atoms with van der Waals surface area (Å²) in [5, 5.41) is 15.3. The molecule has 0 fully saturated rings. The molecular formula is C15H13BrClN3O8. The molecule has 0 radical (unpaired) electrons. The number of hydrazone groups is 1. The summed E-state index contributed by atoms with van der Waals surface area (Å²) >= 11 is 9.43. The van der Waals surface area contributed by atoms with Gasteiger partial charge in [-0.1, -0.05) is 27.5 Å². The van der Waals surface area contributed by atoms with Crippen LogP contribution in [0.1, 0.15) is 11.5 Å². The highest BCUT2D eigenvalue weighted by Crippen LogP contribution is 2.38. The van der Waals surface area contributed by atoms with Gasteiger partial charge in [0.2, 0.25) is 5.90 Å². The molecule has 1 aliphatic heterocycles. The van der Waals surface area contributed by atoms with Gasteiger partial charge in [0.15, 0.2) is 0 Å². The molecule has 1 aromatic rings. The van der Waals surface area contributed by atoms with Crippen LogP contribution in [-0.4, -0.2) is 42.7 Å². The molecule has 1 unspecified atom stereocenters. The van der Waals surface area contributed by atoms with Gasteiger partial charge in [0.25, 0.3) is 5.69 Å². The van der Waals surface area contributed by atoms with Crippen LogP contribution in [0.25, 0.3) is 0 Å². The Hall–Kier alpha value is -2.86. The van der Waals surface area contributed by atoms with Crippen molar-refractivity contribution < 1.29 is 33.5 Å². The number of nitro benzene ring substituents is 1. The average Bonchev–Trinajstić information content (AvgIpc) is 2.68. The van der Waals surface area contributed by atoms with Gasteiger partial charge >= 0.3 is 12.3 Å². The number of allylic oxidation sites excluding steroid dienone is 1. The number of rotatable bonds is 4. The summed E-state index contributed by atoms with van der Waals surface area (Å²) in [5.74, 6) is -1.57. The van der Waals surface area contributed by atoms with Crippen molar-refractivity contribution in [2.45, 2.75) is 5.92 Å². The Morgan fingerprint density at radius 1 is 1.29 bits per heavy atom. The minimum Gasteiger partial charge on any atom is -0.437 e. The number of carbonyl (C=O) groups excluding carboxylic acids is 2. The lowest BCUT2D eigenvalue weighted by Gasteiger charge is -2.27. The standard InChI is InChI=1S/C15H13BrClN3O8/c1-25-14(21)27-12-10(6-16)18-19-13(28-15(22)26-2)11(12)8-5-7(20(23)24)3-4-9(8)17/h3-5,11,18H,6H2,1-2H3. The fraction of sp³-hybridized carbons (Fsp3) is 0.267. The number of nitro groups is 1. The van der Waals surface area contributed by atoms with Gasteiger partial charge in [-0.05, 0) is 11.6 Å². The fourth-order valence-corrected chi connectivity index (χ4v) is 2.85. The lowest BCUT2D eigenvalue weighted by molar-refractivity contribution is -0.384. The molecule has 0 spiro atoms. The van der Waals surface area contributed by atoms with Crippen molar-refractivity contribution in [2.75, 3.05) is 19.5 Å². The number of hydrogen-bond donors (Lipinski definition) is 1. The Morgan fingerprint density at radius 2 is 1.93 bits per heavy atom. The van der Waals surface area contributed by atoms with Crippen LogP contribution < -0.4 is 5.43 Å². The molecule has 13 heteroatoms. The molecule has 2 rings (SSSR count). The van der Waals surface area contributed by atoms with E-state index in [0.717, 1.165) is 20.3 Å². The molecule has 0 saturated heterocycles. The summed E-state index contributed by atoms with van der Waals surface area (Å²) in [7, 11) is 2.18. The molecule has 11 nitrogen and oxygen atoms in total. The van der Waals surface area contributed by atoms with E-state index in [9.17, 15) is 19.7 Å². The van der Waals surface area contributed by atoms with Crippen molar-refractivity contribution in [3.63, 3.8) is 0 Å². The van der Waals surface area contributed by atoms with Crippen LogP contribution in [0.2, 0.25) is 5.02 Å². The van der Waals surface area contributed by atoms with Crippen molar-refractivity contribution in [1.82, 2.24) is 5.43 Å². The Bertz CT molecular complexity index is 873. The second kappa shape index (κ2) is 9.37. The lowest BCUT2D eigenvalue weighted by atomic mass is 9.94. The van der Waals surface area contributed by atoms with Gasteiger partial charge in [0, 0.05) is 22.5 Å². The number of nitrogens with zero attached hydrogens (tertiary/aromatic N) is 2. The van der Waals surface area contributed by atoms with E-state index in [2.05, 4.69) is 35.9 Å². The van der Waals surface area contributed by atoms with Crippen molar-refractivity contribution in [3.8, 4) is 0 Å². The SMILES string of the molecule is COC(=O)OC1=NNC(CBr)=C(OC(=O)OC)C1c1cc([N+](=O)[O-])ccc1Cl. The summed E-state index contributed by atoms with van der Waals surface area (Å²) in [4.78, 5) is 33.9. The summed E-state index contributed by atoms with van der Waals surface area (Å²) in [6.45, 7) is 0. The maximum atomic E-state index is 11.7. The van der Waals surface area contributed by atoms with E-state index in [4.69, 9.17) is 21.1 Å². The van der Waals surface area contributed by atoms with Gasteiger partial charge in [-0.25, -0.2) is 9.59 Å². The molecule has 1 heterocycles. The van der Waals surface area contributed by atoms with Crippen LogP contribution in [-0.2, 0) is 18.9 Å². The first-order valence-corrected chi connectivity index (χ1v) is 8.90. The number of carbonyl (C=O) groups is 2. The van der Waals surface area contributed by atoms with Gasteiger partial charge in [0.1, 0.15) is 11.7 Å². The normalized spacial score (nSPS) is 15.9. The van der Waals surface area contributed by atoms with Crippen molar-refractivity contribution in [2.24, 2.45) is 5.10 Å². The van der Waals surface area contributed by atoms with Crippen LogP contribution in [0, 0.1) is 10.1 Å². The molecule has 1 aromatic carbocycles. The highest BCUT2D eigenvalue weighted by Gasteiger charge is 2.37. The monoisotopic (exact) mass is 477 g/mol. The van der Waals surface area contributed by atoms with E-state index >= 15 is 0 Å². The number of halogens is 2. The Balaban J connectivity index is 2.65. The summed E-state index contributed by atoms with van der Waals surface area (Å²) in [6.07, 6.45) is -2.17. The molecule has 1 atom stereocenters. The number of benzene rings is 1. The molecule has 1 N–H and O–H groups in total. The molecular weight excluding hydrogens is 466 g/mol. The van der Waals surface area contributed by atoms with Gasteiger partial charge in [-0.3, -0.25) is 15.5 Å². The number of ether oxygens (including phenoxy) is 4. The minimum absolute atomic E-state index is 0.0820. The third-order valence-electron chi connectivity index (χ3n) is 3.46. The molecule has 0 aromatic heterocycles. The first-order valence-electron chi connectivity index (χ1n) is 7.40. The van der Waals surface area contributed by atoms with Crippen LogP contribution in [0.3, 0.4) is 0 Å². The van der Waals surface area contributed by atoms with Crippen LogP contribution >= 0.6 is 27.5 Å². The molecule has 1 aliphatic rings. The Kier molecular flexibility index (Phi) is 7.18. The van der Waals surface area contributed by atoms with Crippen molar-refractivity contribution in [1.29, 1.82) is 0 Å². The number of alkyl halides is 1. The summed E-state index contributed by atoms with van der Waals surface area (Å²) < 4.78 is 19.2. The molecule has 0 saturated carbocycles. The quantitative estimate of drug-likeness (QED) is 0.298. The van der Waals surface area contributed by atoms with E-state index in [1.54, 1.807) is 0 Å². The Labute approximate surface area is 171 Å². The maximum Gasteiger partial charge on any atom is 0.514 e. The van der Waals surface area contributed by atoms with E-state index in [0.29, 0.717) is 0 Å². The van der Waals surface area contributed by atoms with E-state index in [1.165, 1.54) is 12.1 Å². The van der Waals surface area contributed by atoms with Crippen LogP contribution in [0.5, 0.6) is 0 Å². The average molecular weight is 479 g/mol. The first-order chi connectivity index (χ1) is 13.3. The lowest BCUT2D eigenvalue weighted by Crippen LogP contribution is -2.33. The number of hydrogen-bond acceptors (Lipinski definition) is 10. The molecule has 0 bridgehead atoms. The third kappa shape index (κ3) is 4.70. The zero-order valence-electron chi connectivity index (χ0n) is 14.4. The summed E-state index contributed by atoms with van der Waals surface area (Å²) in [5.41, 5.74) is 2.66. The van der Waals surface area contributed by atoms with Gasteiger partial charge in [-0.15, -0.1) is 5.10 Å². The molecule has 0 amide bonds. The number of non-ortho nitro benzene ring substituents is 1. The van der Waals surface area contributed by atoms with Crippen LogP contribution in [0.4, 0.5) is 15.3 Å². The zero-order valence-corrected chi connectivity index (χ0v) is 16.8. The van der Waals surface area contributed by atoms with Gasteiger partial charge in [0.05, 0.1) is 24.8 Å². The molecule has 150 valence electrons. The molecule has 0 aliphatic carbocycles. The highest BCUT2D eigenvalue weighted by atomic mass is 79.9. The highest BCUT2D eigenvalue weighted by molar-refractivity contribution is 9.09. The van der Waals surface area contributed by atoms with Gasteiger partial charge in [-0.2, -0.15) is 0 Å². The summed E-state index contributed by atoms with van der Waals surface area (Å²) in [6, 6.07) is 3.64. The predicted octanol–water partition coefficient (Wildman–Crippen LogP) is 3.42. The minimum atomic E-state index is -1.18. The van der Waals surface area contributed by atoms with Gasteiger partial charge < -0.3 is 18.9 Å². The number of nitrogens with one attached hydrogen (secondary N) is 1. The van der Waals surface area contributed by atoms with Crippen molar-refractivity contribution >= 4 is 51.4 Å². The third-order valence-corrected chi connectivity index (χ3v) is 4.36. The van der Waals surface area contributed by atoms with Crippen molar-refractivity contribution in [3.05, 3.63) is 50.4 Å². The smallest absolute Gasteiger partial charge is 0.437 e. The fourth-order valence-electron chi connectivity index (χ4n) is 2.23. The van der Waals surface area contributed by atoms with E-state index in [1.807, 2.05) is 0 Å². The maximum absolute atomic E-state index is 11.7. The first kappa shape index (κ1) is 21.4. The second-order valence-electron chi connectivity index (χ2n) is 5.05. The topological polar surface area (TPSA) is 139 Å². The Morgan fingerprint density at radius 3 is 2.50 bits per heavy atom. The van der Waals surface area contributed by atoms with E-state index < -0.39 is 23.2 Å². The predicted molar refractivity (Wildman–Crippen MR) is 99.2 cm³/mol. The van der Waals surface area contributed by atoms with Crippen LogP contribution in [0.15, 0.2) is 34.8 Å². The molecule has 28 heavy (non-hydrogen) atoms.